The van der Waals surface area contributed by atoms with Gasteiger partial charge < -0.3 is 16.2 Å². The van der Waals surface area contributed by atoms with Crippen LogP contribution in [0, 0.1) is 0 Å². The van der Waals surface area contributed by atoms with Gasteiger partial charge in [0.1, 0.15) is 17.5 Å². The highest BCUT2D eigenvalue weighted by Gasteiger charge is 2.23. The number of hydrogen-bond donors (Lipinski definition) is 3. The van der Waals surface area contributed by atoms with E-state index in [0.717, 1.165) is 0 Å². The standard InChI is InChI=1S/C18H23N3O4S/c19-13-5-4-8-17(18(20)22)21-26(23,24)16-11-9-15(10-12-16)25-14-6-2-1-3-7-14/h1-3,6-7,9-12,17,21H,4-5,8,13,19H2,(H2,20,22)/t17-/m1/s1. The molecule has 26 heavy (non-hydrogen) atoms. The number of primary amides is 1. The monoisotopic (exact) mass is 377 g/mol. The molecule has 0 bridgehead atoms. The van der Waals surface area contributed by atoms with Gasteiger partial charge in [0.2, 0.25) is 15.9 Å². The number of nitrogens with one attached hydrogen (secondary N) is 1. The Hall–Kier alpha value is -2.42. The number of unbranched alkanes of at least 4 members (excludes halogenated alkanes) is 1. The van der Waals surface area contributed by atoms with Gasteiger partial charge in [-0.15, -0.1) is 0 Å². The molecule has 0 saturated heterocycles. The molecule has 0 aromatic heterocycles. The lowest BCUT2D eigenvalue weighted by molar-refractivity contribution is -0.119. The number of rotatable bonds is 10. The fourth-order valence-corrected chi connectivity index (χ4v) is 3.56. The lowest BCUT2D eigenvalue weighted by Gasteiger charge is -2.15. The summed E-state index contributed by atoms with van der Waals surface area (Å²) < 4.78 is 32.9. The predicted molar refractivity (Wildman–Crippen MR) is 99.2 cm³/mol. The molecule has 0 unspecified atom stereocenters. The van der Waals surface area contributed by atoms with Crippen molar-refractivity contribution in [2.45, 2.75) is 30.2 Å². The van der Waals surface area contributed by atoms with E-state index in [1.165, 1.54) is 12.1 Å². The smallest absolute Gasteiger partial charge is 0.241 e. The van der Waals surface area contributed by atoms with Crippen molar-refractivity contribution in [3.8, 4) is 11.5 Å². The van der Waals surface area contributed by atoms with Crippen LogP contribution in [0.4, 0.5) is 0 Å². The van der Waals surface area contributed by atoms with Crippen LogP contribution in [0.2, 0.25) is 0 Å². The zero-order valence-corrected chi connectivity index (χ0v) is 15.1. The third-order valence-corrected chi connectivity index (χ3v) is 5.19. The Labute approximate surface area is 153 Å². The number of carbonyl (C=O) groups excluding carboxylic acids is 1. The van der Waals surface area contributed by atoms with Crippen molar-refractivity contribution < 1.29 is 17.9 Å². The quantitative estimate of drug-likeness (QED) is 0.544. The number of para-hydroxylation sites is 1. The van der Waals surface area contributed by atoms with Gasteiger partial charge in [-0.05, 0) is 55.8 Å². The highest BCUT2D eigenvalue weighted by Crippen LogP contribution is 2.22. The summed E-state index contributed by atoms with van der Waals surface area (Å²) in [5, 5.41) is 0. The molecule has 1 amide bonds. The number of benzene rings is 2. The summed E-state index contributed by atoms with van der Waals surface area (Å²) in [6, 6.07) is 14.1. The number of hydrogen-bond acceptors (Lipinski definition) is 5. The van der Waals surface area contributed by atoms with E-state index in [1.807, 2.05) is 18.2 Å². The molecule has 2 aromatic carbocycles. The second kappa shape index (κ2) is 9.33. The molecule has 5 N–H and O–H groups in total. The molecule has 140 valence electrons. The van der Waals surface area contributed by atoms with Crippen molar-refractivity contribution >= 4 is 15.9 Å². The fourth-order valence-electron chi connectivity index (χ4n) is 2.32. The predicted octanol–water partition coefficient (Wildman–Crippen LogP) is 1.74. The molecule has 0 aliphatic carbocycles. The lowest BCUT2D eigenvalue weighted by atomic mass is 10.1. The van der Waals surface area contributed by atoms with Gasteiger partial charge in [-0.1, -0.05) is 24.6 Å². The first-order valence-electron chi connectivity index (χ1n) is 8.27. The van der Waals surface area contributed by atoms with Gasteiger partial charge in [0.15, 0.2) is 0 Å². The van der Waals surface area contributed by atoms with Crippen molar-refractivity contribution in [1.82, 2.24) is 4.72 Å². The topological polar surface area (TPSA) is 125 Å². The van der Waals surface area contributed by atoms with E-state index in [1.54, 1.807) is 24.3 Å². The zero-order valence-electron chi connectivity index (χ0n) is 14.3. The molecule has 8 heteroatoms. The van der Waals surface area contributed by atoms with E-state index >= 15 is 0 Å². The van der Waals surface area contributed by atoms with Crippen LogP contribution in [-0.4, -0.2) is 26.9 Å². The zero-order chi connectivity index (χ0) is 19.0. The maximum Gasteiger partial charge on any atom is 0.241 e. The molecule has 0 spiro atoms. The van der Waals surface area contributed by atoms with Crippen LogP contribution < -0.4 is 20.9 Å². The molecule has 0 heterocycles. The normalized spacial score (nSPS) is 12.5. The Morgan fingerprint density at radius 3 is 2.19 bits per heavy atom. The van der Waals surface area contributed by atoms with Crippen LogP contribution in [0.25, 0.3) is 0 Å². The first-order valence-corrected chi connectivity index (χ1v) is 9.75. The minimum Gasteiger partial charge on any atom is -0.457 e. The summed E-state index contributed by atoms with van der Waals surface area (Å²) >= 11 is 0. The molecule has 0 radical (unpaired) electrons. The van der Waals surface area contributed by atoms with Gasteiger partial charge in [0.25, 0.3) is 0 Å². The van der Waals surface area contributed by atoms with Crippen LogP contribution in [0.5, 0.6) is 11.5 Å². The SMILES string of the molecule is NCCCC[C@@H](NS(=O)(=O)c1ccc(Oc2ccccc2)cc1)C(N)=O. The Morgan fingerprint density at radius 1 is 1.00 bits per heavy atom. The van der Waals surface area contributed by atoms with Gasteiger partial charge in [-0.25, -0.2) is 8.42 Å². The summed E-state index contributed by atoms with van der Waals surface area (Å²) in [4.78, 5) is 11.5. The fraction of sp³-hybridized carbons (Fsp3) is 0.278. The average molecular weight is 377 g/mol. The molecular formula is C18H23N3O4S. The van der Waals surface area contributed by atoms with Crippen molar-refractivity contribution in [3.05, 3.63) is 54.6 Å². The van der Waals surface area contributed by atoms with Crippen molar-refractivity contribution in [3.63, 3.8) is 0 Å². The Bertz CT molecular complexity index is 808. The second-order valence-corrected chi connectivity index (χ2v) is 7.46. The molecule has 0 saturated carbocycles. The maximum absolute atomic E-state index is 12.5. The molecule has 1 atom stereocenters. The Balaban J connectivity index is 2.06. The van der Waals surface area contributed by atoms with E-state index in [4.69, 9.17) is 16.2 Å². The van der Waals surface area contributed by atoms with Gasteiger partial charge in [-0.2, -0.15) is 4.72 Å². The third-order valence-electron chi connectivity index (χ3n) is 3.70. The summed E-state index contributed by atoms with van der Waals surface area (Å²) in [7, 11) is -3.87. The minimum atomic E-state index is -3.87. The van der Waals surface area contributed by atoms with Gasteiger partial charge in [0, 0.05) is 0 Å². The van der Waals surface area contributed by atoms with Crippen molar-refractivity contribution in [2.75, 3.05) is 6.54 Å². The summed E-state index contributed by atoms with van der Waals surface area (Å²) in [5.74, 6) is 0.439. The molecule has 2 aromatic rings. The summed E-state index contributed by atoms with van der Waals surface area (Å²) in [5.41, 5.74) is 10.7. The van der Waals surface area contributed by atoms with E-state index < -0.39 is 22.0 Å². The van der Waals surface area contributed by atoms with Crippen LogP contribution in [-0.2, 0) is 14.8 Å². The number of ether oxygens (including phenoxy) is 1. The maximum atomic E-state index is 12.5. The van der Waals surface area contributed by atoms with E-state index in [0.29, 0.717) is 37.3 Å². The van der Waals surface area contributed by atoms with Gasteiger partial charge >= 0.3 is 0 Å². The van der Waals surface area contributed by atoms with E-state index in [2.05, 4.69) is 4.72 Å². The largest absolute Gasteiger partial charge is 0.457 e. The molecule has 0 aliphatic rings. The lowest BCUT2D eigenvalue weighted by Crippen LogP contribution is -2.44. The number of carbonyl (C=O) groups is 1. The molecule has 0 fully saturated rings. The average Bonchev–Trinajstić information content (AvgIpc) is 2.62. The first-order chi connectivity index (χ1) is 12.4. The van der Waals surface area contributed by atoms with Crippen molar-refractivity contribution in [1.29, 1.82) is 0 Å². The summed E-state index contributed by atoms with van der Waals surface area (Å²) in [6.07, 6.45) is 1.61. The van der Waals surface area contributed by atoms with Crippen LogP contribution in [0.3, 0.4) is 0 Å². The van der Waals surface area contributed by atoms with E-state index in [9.17, 15) is 13.2 Å². The first kappa shape index (κ1) is 19.9. The van der Waals surface area contributed by atoms with Crippen LogP contribution >= 0.6 is 0 Å². The van der Waals surface area contributed by atoms with Crippen LogP contribution in [0.15, 0.2) is 59.5 Å². The van der Waals surface area contributed by atoms with Gasteiger partial charge in [-0.3, -0.25) is 4.79 Å². The molecule has 7 nitrogen and oxygen atoms in total. The second-order valence-electron chi connectivity index (χ2n) is 5.75. The van der Waals surface area contributed by atoms with Crippen LogP contribution in [0.1, 0.15) is 19.3 Å². The third kappa shape index (κ3) is 5.83. The Kier molecular flexibility index (Phi) is 7.14. The number of nitrogens with two attached hydrogens (primary N) is 2. The number of sulfonamides is 1. The Morgan fingerprint density at radius 2 is 1.62 bits per heavy atom. The molecule has 0 aliphatic heterocycles. The van der Waals surface area contributed by atoms with E-state index in [-0.39, 0.29) is 4.90 Å². The molecular weight excluding hydrogens is 354 g/mol. The highest BCUT2D eigenvalue weighted by molar-refractivity contribution is 7.89. The summed E-state index contributed by atoms with van der Waals surface area (Å²) in [6.45, 7) is 0.473. The highest BCUT2D eigenvalue weighted by atomic mass is 32.2. The van der Waals surface area contributed by atoms with Crippen molar-refractivity contribution in [2.24, 2.45) is 11.5 Å². The molecule has 2 rings (SSSR count). The van der Waals surface area contributed by atoms with Gasteiger partial charge in [0.05, 0.1) is 4.90 Å². The minimum absolute atomic E-state index is 0.0305. The number of amides is 1.